The van der Waals surface area contributed by atoms with Crippen LogP contribution in [0.2, 0.25) is 0 Å². The van der Waals surface area contributed by atoms with Gasteiger partial charge in [0.25, 0.3) is 0 Å². The molecule has 2 rings (SSSR count). The number of halogens is 2. The predicted molar refractivity (Wildman–Crippen MR) is 75.8 cm³/mol. The minimum Gasteiger partial charge on any atom is -0.434 e. The second-order valence-corrected chi connectivity index (χ2v) is 4.26. The molecule has 1 heterocycles. The van der Waals surface area contributed by atoms with Gasteiger partial charge in [0, 0.05) is 17.0 Å². The number of aromatic nitrogens is 2. The number of anilines is 1. The second kappa shape index (κ2) is 6.74. The van der Waals surface area contributed by atoms with Crippen molar-refractivity contribution in [1.82, 2.24) is 9.97 Å². The van der Waals surface area contributed by atoms with Crippen LogP contribution in [-0.2, 0) is 0 Å². The van der Waals surface area contributed by atoms with Gasteiger partial charge in [-0.15, -0.1) is 0 Å². The quantitative estimate of drug-likeness (QED) is 0.679. The van der Waals surface area contributed by atoms with E-state index in [0.717, 1.165) is 11.4 Å². The van der Waals surface area contributed by atoms with Crippen molar-refractivity contribution in [3.8, 4) is 5.75 Å². The Morgan fingerprint density at radius 2 is 1.86 bits per heavy atom. The summed E-state index contributed by atoms with van der Waals surface area (Å²) in [6.07, 6.45) is 1.37. The number of alkyl halides is 2. The zero-order chi connectivity index (χ0) is 15.2. The van der Waals surface area contributed by atoms with Crippen LogP contribution in [0.25, 0.3) is 0 Å². The van der Waals surface area contributed by atoms with Gasteiger partial charge in [0.15, 0.2) is 0 Å². The summed E-state index contributed by atoms with van der Waals surface area (Å²) in [7, 11) is 0. The molecule has 1 aromatic carbocycles. The van der Waals surface area contributed by atoms with E-state index in [1.54, 1.807) is 18.2 Å². The average molecular weight is 292 g/mol. The lowest BCUT2D eigenvalue weighted by Crippen LogP contribution is -2.05. The first kappa shape index (κ1) is 14.8. The van der Waals surface area contributed by atoms with Crippen LogP contribution in [0.3, 0.4) is 0 Å². The molecule has 21 heavy (non-hydrogen) atoms. The average Bonchev–Trinajstić information content (AvgIpc) is 2.39. The fourth-order valence-electron chi connectivity index (χ4n) is 1.73. The number of hydrogen-bond donors (Lipinski definition) is 1. The van der Waals surface area contributed by atoms with Gasteiger partial charge in [-0.2, -0.15) is 13.9 Å². The minimum absolute atomic E-state index is 0.0550. The number of nitrogens with zero attached hydrogens (tertiary/aromatic N) is 3. The van der Waals surface area contributed by atoms with Crippen molar-refractivity contribution in [1.29, 1.82) is 0 Å². The zero-order valence-electron chi connectivity index (χ0n) is 11.5. The summed E-state index contributed by atoms with van der Waals surface area (Å²) < 4.78 is 29.0. The highest BCUT2D eigenvalue weighted by Gasteiger charge is 2.07. The normalized spacial score (nSPS) is 11.1. The van der Waals surface area contributed by atoms with Gasteiger partial charge in [0.05, 0.1) is 6.21 Å². The molecule has 0 saturated heterocycles. The third-order valence-electron chi connectivity index (χ3n) is 2.49. The zero-order valence-corrected chi connectivity index (χ0v) is 11.5. The monoisotopic (exact) mass is 292 g/mol. The van der Waals surface area contributed by atoms with Gasteiger partial charge in [-0.05, 0) is 32.0 Å². The SMILES string of the molecule is Cc1cc(C)nc(N/N=C\c2ccccc2OC(F)F)n1. The highest BCUT2D eigenvalue weighted by molar-refractivity contribution is 5.83. The number of benzene rings is 1. The van der Waals surface area contributed by atoms with Gasteiger partial charge in [-0.1, -0.05) is 12.1 Å². The maximum Gasteiger partial charge on any atom is 0.387 e. The van der Waals surface area contributed by atoms with Crippen molar-refractivity contribution in [2.45, 2.75) is 20.5 Å². The molecule has 0 atom stereocenters. The molecular weight excluding hydrogens is 278 g/mol. The highest BCUT2D eigenvalue weighted by atomic mass is 19.3. The van der Waals surface area contributed by atoms with Gasteiger partial charge in [-0.3, -0.25) is 0 Å². The molecule has 0 aliphatic rings. The molecule has 7 heteroatoms. The lowest BCUT2D eigenvalue weighted by molar-refractivity contribution is -0.0499. The van der Waals surface area contributed by atoms with Gasteiger partial charge in [0.2, 0.25) is 5.95 Å². The molecule has 0 amide bonds. The van der Waals surface area contributed by atoms with E-state index in [1.165, 1.54) is 12.3 Å². The molecule has 0 spiro atoms. The number of hydrazone groups is 1. The summed E-state index contributed by atoms with van der Waals surface area (Å²) in [6, 6.07) is 8.20. The lowest BCUT2D eigenvalue weighted by atomic mass is 10.2. The molecule has 2 aromatic rings. The third-order valence-corrected chi connectivity index (χ3v) is 2.49. The van der Waals surface area contributed by atoms with Crippen LogP contribution in [0, 0.1) is 13.8 Å². The number of hydrogen-bond acceptors (Lipinski definition) is 5. The predicted octanol–water partition coefficient (Wildman–Crippen LogP) is 3.14. The van der Waals surface area contributed by atoms with E-state index in [-0.39, 0.29) is 5.75 Å². The van der Waals surface area contributed by atoms with E-state index in [4.69, 9.17) is 0 Å². The molecule has 5 nitrogen and oxygen atoms in total. The maximum atomic E-state index is 12.3. The van der Waals surface area contributed by atoms with Crippen LogP contribution in [0.1, 0.15) is 17.0 Å². The van der Waals surface area contributed by atoms with Crippen LogP contribution in [0.5, 0.6) is 5.75 Å². The fraction of sp³-hybridized carbons (Fsp3) is 0.214. The Bertz CT molecular complexity index is 626. The van der Waals surface area contributed by atoms with Crippen molar-refractivity contribution < 1.29 is 13.5 Å². The maximum absolute atomic E-state index is 12.3. The minimum atomic E-state index is -2.88. The number of rotatable bonds is 5. The van der Waals surface area contributed by atoms with E-state index in [1.807, 2.05) is 19.9 Å². The Morgan fingerprint density at radius 1 is 1.19 bits per heavy atom. The Kier molecular flexibility index (Phi) is 4.76. The molecule has 0 aliphatic heterocycles. The van der Waals surface area contributed by atoms with Gasteiger partial charge in [-0.25, -0.2) is 15.4 Å². The smallest absolute Gasteiger partial charge is 0.387 e. The molecule has 0 bridgehead atoms. The third kappa shape index (κ3) is 4.48. The first-order chi connectivity index (χ1) is 10.0. The van der Waals surface area contributed by atoms with E-state index in [9.17, 15) is 8.78 Å². The van der Waals surface area contributed by atoms with Crippen LogP contribution in [0.15, 0.2) is 35.4 Å². The summed E-state index contributed by atoms with van der Waals surface area (Å²) >= 11 is 0. The number of aryl methyl sites for hydroxylation is 2. The molecular formula is C14H14F2N4O. The fourth-order valence-corrected chi connectivity index (χ4v) is 1.73. The van der Waals surface area contributed by atoms with Crippen molar-refractivity contribution in [2.24, 2.45) is 5.10 Å². The molecule has 110 valence electrons. The highest BCUT2D eigenvalue weighted by Crippen LogP contribution is 2.18. The van der Waals surface area contributed by atoms with E-state index < -0.39 is 6.61 Å². The Hall–Kier alpha value is -2.57. The van der Waals surface area contributed by atoms with Crippen molar-refractivity contribution in [3.05, 3.63) is 47.3 Å². The standard InChI is InChI=1S/C14H14F2N4O/c1-9-7-10(2)19-14(18-9)20-17-8-11-5-3-4-6-12(11)21-13(15)16/h3-8,13H,1-2H3,(H,18,19,20)/b17-8-. The van der Waals surface area contributed by atoms with Gasteiger partial charge < -0.3 is 4.74 Å². The summed E-state index contributed by atoms with van der Waals surface area (Å²) in [5.74, 6) is 0.399. The molecule has 0 radical (unpaired) electrons. The topological polar surface area (TPSA) is 59.4 Å². The lowest BCUT2D eigenvalue weighted by Gasteiger charge is -2.07. The number of ether oxygens (including phenoxy) is 1. The Labute approximate surface area is 120 Å². The molecule has 0 saturated carbocycles. The van der Waals surface area contributed by atoms with Crippen LogP contribution < -0.4 is 10.2 Å². The van der Waals surface area contributed by atoms with Crippen molar-refractivity contribution in [2.75, 3.05) is 5.43 Å². The first-order valence-electron chi connectivity index (χ1n) is 6.20. The van der Waals surface area contributed by atoms with Crippen LogP contribution in [0.4, 0.5) is 14.7 Å². The van der Waals surface area contributed by atoms with Crippen LogP contribution >= 0.6 is 0 Å². The molecule has 1 N–H and O–H groups in total. The Morgan fingerprint density at radius 3 is 2.52 bits per heavy atom. The number of para-hydroxylation sites is 1. The van der Waals surface area contributed by atoms with Gasteiger partial charge >= 0.3 is 6.61 Å². The second-order valence-electron chi connectivity index (χ2n) is 4.26. The van der Waals surface area contributed by atoms with Crippen LogP contribution in [-0.4, -0.2) is 22.8 Å². The first-order valence-corrected chi connectivity index (χ1v) is 6.20. The molecule has 1 aromatic heterocycles. The summed E-state index contributed by atoms with van der Waals surface area (Å²) in [6.45, 7) is 0.806. The number of nitrogens with one attached hydrogen (secondary N) is 1. The van der Waals surface area contributed by atoms with E-state index in [2.05, 4.69) is 25.2 Å². The molecule has 0 fully saturated rings. The Balaban J connectivity index is 2.11. The largest absolute Gasteiger partial charge is 0.434 e. The summed E-state index contributed by atoms with van der Waals surface area (Å²) in [4.78, 5) is 8.30. The summed E-state index contributed by atoms with van der Waals surface area (Å²) in [5.41, 5.74) is 4.70. The van der Waals surface area contributed by atoms with Crippen molar-refractivity contribution >= 4 is 12.2 Å². The van der Waals surface area contributed by atoms with Gasteiger partial charge in [0.1, 0.15) is 5.75 Å². The van der Waals surface area contributed by atoms with E-state index in [0.29, 0.717) is 11.5 Å². The molecule has 0 unspecified atom stereocenters. The van der Waals surface area contributed by atoms with E-state index >= 15 is 0 Å². The summed E-state index contributed by atoms with van der Waals surface area (Å²) in [5, 5.41) is 3.94. The van der Waals surface area contributed by atoms with Crippen molar-refractivity contribution in [3.63, 3.8) is 0 Å². The molecule has 0 aliphatic carbocycles.